The number of rotatable bonds is 3. The van der Waals surface area contributed by atoms with Crippen molar-refractivity contribution in [1.29, 1.82) is 0 Å². The monoisotopic (exact) mass is 252 g/mol. The number of hydrogen-bond donors (Lipinski definition) is 1. The Hall–Kier alpha value is -1.95. The first-order chi connectivity index (χ1) is 8.22. The van der Waals surface area contributed by atoms with Gasteiger partial charge in [0.05, 0.1) is 10.5 Å². The molecule has 0 aliphatic carbocycles. The van der Waals surface area contributed by atoms with Crippen molar-refractivity contribution in [3.63, 3.8) is 0 Å². The normalized spacial score (nSPS) is 11.1. The van der Waals surface area contributed by atoms with E-state index in [4.69, 9.17) is 4.84 Å². The summed E-state index contributed by atoms with van der Waals surface area (Å²) in [6, 6.07) is 4.47. The van der Waals surface area contributed by atoms with Gasteiger partial charge >= 0.3 is 0 Å². The van der Waals surface area contributed by atoms with Gasteiger partial charge in [0.2, 0.25) is 0 Å². The number of nitro groups is 1. The number of benzene rings is 1. The van der Waals surface area contributed by atoms with Gasteiger partial charge in [-0.25, -0.2) is 5.48 Å². The van der Waals surface area contributed by atoms with E-state index >= 15 is 0 Å². The van der Waals surface area contributed by atoms with Crippen molar-refractivity contribution in [3.05, 3.63) is 39.4 Å². The number of carbonyl (C=O) groups is 1. The molecule has 6 heteroatoms. The zero-order chi connectivity index (χ0) is 13.9. The van der Waals surface area contributed by atoms with E-state index in [2.05, 4.69) is 5.48 Å². The molecule has 1 amide bonds. The molecular weight excluding hydrogens is 236 g/mol. The van der Waals surface area contributed by atoms with E-state index in [0.29, 0.717) is 5.56 Å². The molecule has 0 heterocycles. The Labute approximate surface area is 105 Å². The molecule has 0 saturated heterocycles. The molecule has 1 rings (SSSR count). The zero-order valence-electron chi connectivity index (χ0n) is 10.8. The molecule has 0 aliphatic rings. The maximum atomic E-state index is 11.9. The van der Waals surface area contributed by atoms with E-state index in [1.807, 2.05) is 0 Å². The summed E-state index contributed by atoms with van der Waals surface area (Å²) in [5, 5.41) is 10.9. The average molecular weight is 252 g/mol. The molecule has 0 fully saturated rings. The smallest absolute Gasteiger partial charge is 0.268 e. The van der Waals surface area contributed by atoms with E-state index in [9.17, 15) is 14.9 Å². The van der Waals surface area contributed by atoms with Crippen LogP contribution in [0.4, 0.5) is 5.69 Å². The van der Waals surface area contributed by atoms with Crippen LogP contribution in [0.15, 0.2) is 18.2 Å². The van der Waals surface area contributed by atoms with Crippen LogP contribution in [-0.2, 0) is 4.84 Å². The van der Waals surface area contributed by atoms with Gasteiger partial charge in [0.25, 0.3) is 11.6 Å². The summed E-state index contributed by atoms with van der Waals surface area (Å²) in [7, 11) is 0. The zero-order valence-corrected chi connectivity index (χ0v) is 10.8. The van der Waals surface area contributed by atoms with Gasteiger partial charge in [-0.2, -0.15) is 0 Å². The Bertz CT molecular complexity index is 477. The average Bonchev–Trinajstić information content (AvgIpc) is 2.24. The highest BCUT2D eigenvalue weighted by atomic mass is 16.7. The molecule has 0 atom stereocenters. The van der Waals surface area contributed by atoms with Crippen molar-refractivity contribution >= 4 is 11.6 Å². The highest BCUT2D eigenvalue weighted by Crippen LogP contribution is 2.21. The molecule has 1 aromatic rings. The molecule has 0 unspecified atom stereocenters. The van der Waals surface area contributed by atoms with Gasteiger partial charge in [-0.15, -0.1) is 0 Å². The fraction of sp³-hybridized carbons (Fsp3) is 0.417. The van der Waals surface area contributed by atoms with Crippen LogP contribution >= 0.6 is 0 Å². The van der Waals surface area contributed by atoms with Crippen LogP contribution in [0.3, 0.4) is 0 Å². The van der Waals surface area contributed by atoms with Gasteiger partial charge in [0.1, 0.15) is 5.56 Å². The number of nitrogens with zero attached hydrogens (tertiary/aromatic N) is 1. The molecule has 0 spiro atoms. The van der Waals surface area contributed by atoms with Crippen molar-refractivity contribution < 1.29 is 14.6 Å². The minimum Gasteiger partial charge on any atom is -0.268 e. The Morgan fingerprint density at radius 3 is 2.50 bits per heavy atom. The maximum absolute atomic E-state index is 11.9. The first-order valence-electron chi connectivity index (χ1n) is 5.45. The van der Waals surface area contributed by atoms with E-state index in [1.54, 1.807) is 33.8 Å². The van der Waals surface area contributed by atoms with Gasteiger partial charge in [0, 0.05) is 6.07 Å². The summed E-state index contributed by atoms with van der Waals surface area (Å²) >= 11 is 0. The van der Waals surface area contributed by atoms with Crippen LogP contribution < -0.4 is 5.48 Å². The Kier molecular flexibility index (Phi) is 4.03. The summed E-state index contributed by atoms with van der Waals surface area (Å²) in [5.41, 5.74) is 1.98. The number of amides is 1. The highest BCUT2D eigenvalue weighted by molar-refractivity contribution is 5.98. The topological polar surface area (TPSA) is 81.5 Å². The molecule has 6 nitrogen and oxygen atoms in total. The minimum absolute atomic E-state index is 0.0201. The maximum Gasteiger partial charge on any atom is 0.282 e. The molecule has 0 bridgehead atoms. The molecule has 98 valence electrons. The molecule has 0 aromatic heterocycles. The third-order valence-electron chi connectivity index (χ3n) is 2.12. The molecule has 1 aromatic carbocycles. The number of nitrogens with one attached hydrogen (secondary N) is 1. The first-order valence-corrected chi connectivity index (χ1v) is 5.45. The van der Waals surface area contributed by atoms with Crippen molar-refractivity contribution in [2.75, 3.05) is 0 Å². The second-order valence-electron chi connectivity index (χ2n) is 4.87. The minimum atomic E-state index is -0.616. The van der Waals surface area contributed by atoms with Crippen molar-refractivity contribution in [2.45, 2.75) is 33.3 Å². The van der Waals surface area contributed by atoms with E-state index < -0.39 is 16.4 Å². The molecule has 0 radical (unpaired) electrons. The highest BCUT2D eigenvalue weighted by Gasteiger charge is 2.23. The lowest BCUT2D eigenvalue weighted by atomic mass is 10.1. The third kappa shape index (κ3) is 3.53. The number of hydroxylamine groups is 1. The summed E-state index contributed by atoms with van der Waals surface area (Å²) in [4.78, 5) is 27.3. The third-order valence-corrected chi connectivity index (χ3v) is 2.12. The Morgan fingerprint density at radius 2 is 2.00 bits per heavy atom. The molecule has 1 N–H and O–H groups in total. The predicted octanol–water partition coefficient (Wildman–Crippen LogP) is 2.36. The standard InChI is InChI=1S/C12H16N2O4/c1-8-6-5-7-9(14(16)17)10(8)11(15)13-18-12(2,3)4/h5-7H,1-4H3,(H,13,15). The summed E-state index contributed by atoms with van der Waals surface area (Å²) < 4.78 is 0. The van der Waals surface area contributed by atoms with Gasteiger partial charge in [-0.1, -0.05) is 12.1 Å². The number of hydrogen-bond acceptors (Lipinski definition) is 4. The number of carbonyl (C=O) groups excluding carboxylic acids is 1. The van der Waals surface area contributed by atoms with E-state index in [1.165, 1.54) is 12.1 Å². The lowest BCUT2D eigenvalue weighted by molar-refractivity contribution is -0.385. The van der Waals surface area contributed by atoms with Gasteiger partial charge < -0.3 is 0 Å². The van der Waals surface area contributed by atoms with Crippen LogP contribution in [-0.4, -0.2) is 16.4 Å². The quantitative estimate of drug-likeness (QED) is 0.661. The predicted molar refractivity (Wildman–Crippen MR) is 66.1 cm³/mol. The first kappa shape index (κ1) is 14.1. The largest absolute Gasteiger partial charge is 0.282 e. The van der Waals surface area contributed by atoms with Crippen LogP contribution in [0.25, 0.3) is 0 Å². The van der Waals surface area contributed by atoms with Crippen LogP contribution in [0.5, 0.6) is 0 Å². The SMILES string of the molecule is Cc1cccc([N+](=O)[O-])c1C(=O)NOC(C)(C)C. The van der Waals surface area contributed by atoms with Crippen molar-refractivity contribution in [2.24, 2.45) is 0 Å². The summed E-state index contributed by atoms with van der Waals surface area (Å²) in [5.74, 6) is -0.616. The molecule has 18 heavy (non-hydrogen) atoms. The lowest BCUT2D eigenvalue weighted by Gasteiger charge is -2.19. The van der Waals surface area contributed by atoms with Crippen LogP contribution in [0, 0.1) is 17.0 Å². The fourth-order valence-corrected chi connectivity index (χ4v) is 1.35. The van der Waals surface area contributed by atoms with Gasteiger partial charge in [0.15, 0.2) is 0 Å². The van der Waals surface area contributed by atoms with E-state index in [0.717, 1.165) is 0 Å². The Morgan fingerprint density at radius 1 is 1.39 bits per heavy atom. The van der Waals surface area contributed by atoms with Crippen molar-refractivity contribution in [3.8, 4) is 0 Å². The molecule has 0 saturated carbocycles. The Balaban J connectivity index is 3.02. The van der Waals surface area contributed by atoms with Gasteiger partial charge in [-0.3, -0.25) is 19.7 Å². The van der Waals surface area contributed by atoms with Crippen LogP contribution in [0.2, 0.25) is 0 Å². The molecular formula is C12H16N2O4. The lowest BCUT2D eigenvalue weighted by Crippen LogP contribution is -2.34. The fourth-order valence-electron chi connectivity index (χ4n) is 1.35. The number of aryl methyl sites for hydroxylation is 1. The number of nitro benzene ring substituents is 1. The summed E-state index contributed by atoms with van der Waals surface area (Å²) in [6.07, 6.45) is 0. The van der Waals surface area contributed by atoms with Crippen molar-refractivity contribution in [1.82, 2.24) is 5.48 Å². The second-order valence-corrected chi connectivity index (χ2v) is 4.87. The summed E-state index contributed by atoms with van der Waals surface area (Å²) in [6.45, 7) is 6.93. The van der Waals surface area contributed by atoms with Gasteiger partial charge in [-0.05, 0) is 33.3 Å². The molecule has 0 aliphatic heterocycles. The van der Waals surface area contributed by atoms with Crippen LogP contribution in [0.1, 0.15) is 36.7 Å². The van der Waals surface area contributed by atoms with E-state index in [-0.39, 0.29) is 11.3 Å². The second kappa shape index (κ2) is 5.14.